The van der Waals surface area contributed by atoms with Crippen molar-refractivity contribution in [3.05, 3.63) is 57.3 Å². The molecule has 0 radical (unpaired) electrons. The first-order valence-corrected chi connectivity index (χ1v) is 9.01. The average Bonchev–Trinajstić information content (AvgIpc) is 2.66. The van der Waals surface area contributed by atoms with Gasteiger partial charge in [-0.25, -0.2) is 5.10 Å². The van der Waals surface area contributed by atoms with E-state index in [1.807, 2.05) is 26.0 Å². The number of carbonyl (C=O) groups is 1. The van der Waals surface area contributed by atoms with Crippen molar-refractivity contribution in [3.8, 4) is 0 Å². The molecule has 26 heavy (non-hydrogen) atoms. The number of carbonyl (C=O) groups excluding carboxylic acids is 1. The van der Waals surface area contributed by atoms with Gasteiger partial charge in [-0.2, -0.15) is 5.10 Å². The number of nitrogens with one attached hydrogen (secondary N) is 2. The lowest BCUT2D eigenvalue weighted by Crippen LogP contribution is -2.49. The van der Waals surface area contributed by atoms with Gasteiger partial charge in [-0.15, -0.1) is 0 Å². The normalized spacial score (nSPS) is 17.8. The summed E-state index contributed by atoms with van der Waals surface area (Å²) in [6.07, 6.45) is 6.52. The van der Waals surface area contributed by atoms with Gasteiger partial charge in [0.05, 0.1) is 11.7 Å². The average molecular weight is 355 g/mol. The van der Waals surface area contributed by atoms with Gasteiger partial charge in [-0.3, -0.25) is 19.5 Å². The molecule has 1 saturated heterocycles. The molecule has 1 fully saturated rings. The monoisotopic (exact) mass is 355 g/mol. The van der Waals surface area contributed by atoms with Crippen LogP contribution >= 0.6 is 0 Å². The predicted molar refractivity (Wildman–Crippen MR) is 98.5 cm³/mol. The lowest BCUT2D eigenvalue weighted by atomic mass is 10.00. The Morgan fingerprint density at radius 2 is 2.08 bits per heavy atom. The standard InChI is InChI=1S/C19H25N5O2/c1-13-14(2)22-23-18(25)16(13)11-21-19(26)17-5-3-4-10-24(17)12-15-6-8-20-9-7-15/h6-9,17H,3-5,10-12H2,1-2H3,(H,21,26)(H,23,25). The van der Waals surface area contributed by atoms with Gasteiger partial charge in [0.25, 0.3) is 5.56 Å². The highest BCUT2D eigenvalue weighted by molar-refractivity contribution is 5.81. The molecule has 1 atom stereocenters. The maximum atomic E-state index is 12.8. The molecule has 7 nitrogen and oxygen atoms in total. The summed E-state index contributed by atoms with van der Waals surface area (Å²) in [4.78, 5) is 31.0. The first kappa shape index (κ1) is 18.3. The minimum Gasteiger partial charge on any atom is -0.350 e. The van der Waals surface area contributed by atoms with Gasteiger partial charge in [0.1, 0.15) is 0 Å². The largest absolute Gasteiger partial charge is 0.350 e. The molecule has 1 aliphatic heterocycles. The molecule has 1 amide bonds. The lowest BCUT2D eigenvalue weighted by Gasteiger charge is -2.34. The number of hydrogen-bond donors (Lipinski definition) is 2. The molecular formula is C19H25N5O2. The SMILES string of the molecule is Cc1n[nH]c(=O)c(CNC(=O)C2CCCCN2Cc2ccncc2)c1C. The summed E-state index contributed by atoms with van der Waals surface area (Å²) in [5, 5.41) is 9.38. The van der Waals surface area contributed by atoms with Crippen molar-refractivity contribution in [2.24, 2.45) is 0 Å². The molecule has 3 rings (SSSR count). The van der Waals surface area contributed by atoms with Gasteiger partial charge in [0, 0.05) is 31.0 Å². The van der Waals surface area contributed by atoms with Crippen LogP contribution in [0.25, 0.3) is 0 Å². The fourth-order valence-electron chi connectivity index (χ4n) is 3.38. The molecular weight excluding hydrogens is 330 g/mol. The maximum Gasteiger partial charge on any atom is 0.269 e. The van der Waals surface area contributed by atoms with Crippen LogP contribution in [0, 0.1) is 13.8 Å². The number of aromatic nitrogens is 3. The van der Waals surface area contributed by atoms with Crippen molar-refractivity contribution in [1.82, 2.24) is 25.4 Å². The first-order chi connectivity index (χ1) is 12.6. The van der Waals surface area contributed by atoms with E-state index < -0.39 is 0 Å². The van der Waals surface area contributed by atoms with E-state index in [4.69, 9.17) is 0 Å². The van der Waals surface area contributed by atoms with E-state index in [-0.39, 0.29) is 24.1 Å². The van der Waals surface area contributed by atoms with E-state index in [1.165, 1.54) is 0 Å². The van der Waals surface area contributed by atoms with Gasteiger partial charge < -0.3 is 5.32 Å². The zero-order chi connectivity index (χ0) is 18.5. The molecule has 1 unspecified atom stereocenters. The van der Waals surface area contributed by atoms with Crippen molar-refractivity contribution >= 4 is 5.91 Å². The summed E-state index contributed by atoms with van der Waals surface area (Å²) in [7, 11) is 0. The number of H-pyrrole nitrogens is 1. The third-order valence-corrected chi connectivity index (χ3v) is 5.09. The minimum atomic E-state index is -0.245. The summed E-state index contributed by atoms with van der Waals surface area (Å²) in [6, 6.07) is 3.79. The number of likely N-dealkylation sites (tertiary alicyclic amines) is 1. The fourth-order valence-corrected chi connectivity index (χ4v) is 3.38. The van der Waals surface area contributed by atoms with E-state index >= 15 is 0 Å². The Labute approximate surface area is 152 Å². The van der Waals surface area contributed by atoms with Gasteiger partial charge in [-0.05, 0) is 56.5 Å². The van der Waals surface area contributed by atoms with Crippen molar-refractivity contribution in [2.45, 2.75) is 52.2 Å². The third kappa shape index (κ3) is 4.16. The molecule has 0 spiro atoms. The lowest BCUT2D eigenvalue weighted by molar-refractivity contribution is -0.128. The van der Waals surface area contributed by atoms with E-state index in [1.54, 1.807) is 12.4 Å². The molecule has 138 valence electrons. The molecule has 0 aromatic carbocycles. The van der Waals surface area contributed by atoms with Crippen LogP contribution in [-0.2, 0) is 17.9 Å². The molecule has 2 aromatic heterocycles. The topological polar surface area (TPSA) is 91.0 Å². The molecule has 0 aliphatic carbocycles. The summed E-state index contributed by atoms with van der Waals surface area (Å²) in [5.41, 5.74) is 3.07. The van der Waals surface area contributed by atoms with E-state index in [0.29, 0.717) is 5.56 Å². The summed E-state index contributed by atoms with van der Waals surface area (Å²) in [5.74, 6) is -0.0213. The number of piperidine rings is 1. The number of aryl methyl sites for hydroxylation is 1. The van der Waals surface area contributed by atoms with Crippen molar-refractivity contribution in [3.63, 3.8) is 0 Å². The van der Waals surface area contributed by atoms with Crippen LogP contribution in [0.1, 0.15) is 41.6 Å². The zero-order valence-electron chi connectivity index (χ0n) is 15.3. The Bertz CT molecular complexity index is 818. The van der Waals surface area contributed by atoms with E-state index in [9.17, 15) is 9.59 Å². The van der Waals surface area contributed by atoms with Crippen molar-refractivity contribution in [2.75, 3.05) is 6.54 Å². The highest BCUT2D eigenvalue weighted by Gasteiger charge is 2.28. The van der Waals surface area contributed by atoms with Crippen LogP contribution in [0.5, 0.6) is 0 Å². The van der Waals surface area contributed by atoms with Crippen LogP contribution in [-0.4, -0.2) is 38.6 Å². The van der Waals surface area contributed by atoms with Crippen LogP contribution in [0.2, 0.25) is 0 Å². The highest BCUT2D eigenvalue weighted by Crippen LogP contribution is 2.20. The number of hydrogen-bond acceptors (Lipinski definition) is 5. The Kier molecular flexibility index (Phi) is 5.78. The predicted octanol–water partition coefficient (Wildman–Crippen LogP) is 1.45. The Morgan fingerprint density at radius 3 is 2.85 bits per heavy atom. The second-order valence-electron chi connectivity index (χ2n) is 6.80. The van der Waals surface area contributed by atoms with E-state index in [2.05, 4.69) is 25.4 Å². The maximum absolute atomic E-state index is 12.8. The fraction of sp³-hybridized carbons (Fsp3) is 0.474. The van der Waals surface area contributed by atoms with Gasteiger partial charge in [0.2, 0.25) is 5.91 Å². The van der Waals surface area contributed by atoms with Crippen LogP contribution in [0.4, 0.5) is 0 Å². The third-order valence-electron chi connectivity index (χ3n) is 5.09. The Balaban J connectivity index is 1.67. The van der Waals surface area contributed by atoms with E-state index in [0.717, 1.165) is 49.2 Å². The number of pyridine rings is 1. The molecule has 7 heteroatoms. The molecule has 3 heterocycles. The molecule has 2 aromatic rings. The van der Waals surface area contributed by atoms with Crippen LogP contribution in [0.15, 0.2) is 29.3 Å². The van der Waals surface area contributed by atoms with Crippen LogP contribution < -0.4 is 10.9 Å². The first-order valence-electron chi connectivity index (χ1n) is 9.01. The number of amides is 1. The minimum absolute atomic E-state index is 0.0213. The van der Waals surface area contributed by atoms with Gasteiger partial charge in [0.15, 0.2) is 0 Å². The molecule has 0 saturated carbocycles. The van der Waals surface area contributed by atoms with Gasteiger partial charge >= 0.3 is 0 Å². The van der Waals surface area contributed by atoms with Gasteiger partial charge in [-0.1, -0.05) is 6.42 Å². The number of rotatable bonds is 5. The highest BCUT2D eigenvalue weighted by atomic mass is 16.2. The van der Waals surface area contributed by atoms with Crippen molar-refractivity contribution in [1.29, 1.82) is 0 Å². The Morgan fingerprint density at radius 1 is 1.31 bits per heavy atom. The summed E-state index contributed by atoms with van der Waals surface area (Å²) in [6.45, 7) is 5.55. The molecule has 2 N–H and O–H groups in total. The molecule has 0 bridgehead atoms. The van der Waals surface area contributed by atoms with Crippen LogP contribution in [0.3, 0.4) is 0 Å². The van der Waals surface area contributed by atoms with Crippen molar-refractivity contribution < 1.29 is 4.79 Å². The Hall–Kier alpha value is -2.54. The smallest absolute Gasteiger partial charge is 0.269 e. The zero-order valence-corrected chi connectivity index (χ0v) is 15.3. The summed E-state index contributed by atoms with van der Waals surface area (Å²) < 4.78 is 0. The second-order valence-corrected chi connectivity index (χ2v) is 6.80. The quantitative estimate of drug-likeness (QED) is 0.847. The second kappa shape index (κ2) is 8.23. The molecule has 1 aliphatic rings. The number of aromatic amines is 1. The summed E-state index contributed by atoms with van der Waals surface area (Å²) >= 11 is 0. The number of nitrogens with zero attached hydrogens (tertiary/aromatic N) is 3.